The monoisotopic (exact) mass is 640 g/mol. The molecule has 0 unspecified atom stereocenters. The minimum atomic E-state index is -1.99. The number of benzene rings is 1. The Hall–Kier alpha value is -1.24. The molecule has 0 aliphatic heterocycles. The molecule has 0 radical (unpaired) electrons. The number of esters is 2. The molecule has 5 nitrogen and oxygen atoms in total. The molecule has 0 saturated carbocycles. The van der Waals surface area contributed by atoms with E-state index >= 15 is 0 Å². The van der Waals surface area contributed by atoms with Crippen molar-refractivity contribution in [2.24, 2.45) is 0 Å². The van der Waals surface area contributed by atoms with E-state index in [0.717, 1.165) is 34.6 Å². The summed E-state index contributed by atoms with van der Waals surface area (Å²) in [7, 11) is 0. The number of hydrogen-bond acceptors (Lipinski definition) is 5. The van der Waals surface area contributed by atoms with Gasteiger partial charge >= 0.3 is 83.2 Å². The Morgan fingerprint density at radius 1 is 0.553 bits per heavy atom. The van der Waals surface area contributed by atoms with Crippen LogP contribution in [0.4, 0.5) is 0 Å². The van der Waals surface area contributed by atoms with Crippen LogP contribution in [0.2, 0.25) is 8.87 Å². The van der Waals surface area contributed by atoms with E-state index in [1.54, 1.807) is 24.3 Å². The molecule has 0 amide bonds. The SMILES string of the molecule is CCCCCCCCOC(=O)c1ccccc1C(=O)OCCCCCCCC.CCC[CH2][Sn](=[O])[CH2]CCC. The zero-order valence-corrected chi connectivity index (χ0v) is 27.8. The Bertz CT molecular complexity index is 675. The number of carbonyl (C=O) groups is 2. The molecule has 218 valence electrons. The Kier molecular flexibility index (Phi) is 26.4. The quantitative estimate of drug-likeness (QED) is 0.0718. The Morgan fingerprint density at radius 3 is 1.26 bits per heavy atom. The Balaban J connectivity index is 0.00000115. The van der Waals surface area contributed by atoms with Gasteiger partial charge in [-0.3, -0.25) is 0 Å². The third-order valence-electron chi connectivity index (χ3n) is 6.45. The third kappa shape index (κ3) is 20.7. The van der Waals surface area contributed by atoms with Crippen LogP contribution in [0.5, 0.6) is 0 Å². The van der Waals surface area contributed by atoms with Crippen LogP contribution in [0.3, 0.4) is 0 Å². The first-order valence-electron chi connectivity index (χ1n) is 15.5. The van der Waals surface area contributed by atoms with Crippen molar-refractivity contribution >= 4 is 31.7 Å². The van der Waals surface area contributed by atoms with Crippen LogP contribution < -0.4 is 0 Å². The van der Waals surface area contributed by atoms with Crippen LogP contribution >= 0.6 is 0 Å². The van der Waals surface area contributed by atoms with Crippen molar-refractivity contribution in [1.82, 2.24) is 0 Å². The molecule has 0 heterocycles. The van der Waals surface area contributed by atoms with Crippen molar-refractivity contribution in [3.63, 3.8) is 0 Å². The molecular formula is C32H56O5Sn. The summed E-state index contributed by atoms with van der Waals surface area (Å²) in [4.78, 5) is 24.7. The fourth-order valence-corrected chi connectivity index (χ4v) is 8.94. The summed E-state index contributed by atoms with van der Waals surface area (Å²) in [6, 6.07) is 6.74. The van der Waals surface area contributed by atoms with Crippen LogP contribution in [0.25, 0.3) is 0 Å². The summed E-state index contributed by atoms with van der Waals surface area (Å²) >= 11 is -1.99. The predicted octanol–water partition coefficient (Wildman–Crippen LogP) is 9.73. The molecule has 0 atom stereocenters. The maximum atomic E-state index is 12.4. The average molecular weight is 640 g/mol. The molecule has 0 aliphatic carbocycles. The zero-order chi connectivity index (χ0) is 28.3. The van der Waals surface area contributed by atoms with Gasteiger partial charge in [0.05, 0.1) is 24.3 Å². The molecular weight excluding hydrogens is 583 g/mol. The normalized spacial score (nSPS) is 10.4. The molecule has 0 aromatic heterocycles. The fraction of sp³-hybridized carbons (Fsp3) is 0.750. The molecule has 6 heteroatoms. The van der Waals surface area contributed by atoms with Gasteiger partial charge in [-0.25, -0.2) is 9.59 Å². The van der Waals surface area contributed by atoms with E-state index in [4.69, 9.17) is 9.47 Å². The summed E-state index contributed by atoms with van der Waals surface area (Å²) in [6.07, 6.45) is 18.4. The second kappa shape index (κ2) is 27.3. The van der Waals surface area contributed by atoms with Gasteiger partial charge in [0.15, 0.2) is 0 Å². The average Bonchev–Trinajstić information content (AvgIpc) is 2.94. The van der Waals surface area contributed by atoms with Gasteiger partial charge in [-0.2, -0.15) is 0 Å². The first kappa shape index (κ1) is 36.8. The molecule has 1 aromatic carbocycles. The van der Waals surface area contributed by atoms with Crippen molar-refractivity contribution in [1.29, 1.82) is 0 Å². The summed E-state index contributed by atoms with van der Waals surface area (Å²) in [5.41, 5.74) is 0.586. The Morgan fingerprint density at radius 2 is 0.895 bits per heavy atom. The topological polar surface area (TPSA) is 69.7 Å². The molecule has 0 saturated heterocycles. The fourth-order valence-electron chi connectivity index (χ4n) is 3.96. The summed E-state index contributed by atoms with van der Waals surface area (Å²) in [5, 5.41) is 0. The number of carbonyl (C=O) groups excluding carboxylic acids is 2. The van der Waals surface area contributed by atoms with Crippen molar-refractivity contribution in [3.05, 3.63) is 35.4 Å². The van der Waals surface area contributed by atoms with E-state index < -0.39 is 31.7 Å². The van der Waals surface area contributed by atoms with E-state index in [2.05, 4.69) is 27.7 Å². The van der Waals surface area contributed by atoms with Gasteiger partial charge in [0.2, 0.25) is 0 Å². The molecule has 0 aliphatic rings. The molecule has 1 rings (SSSR count). The number of rotatable bonds is 22. The maximum absolute atomic E-state index is 12.4. The van der Waals surface area contributed by atoms with E-state index in [1.807, 2.05) is 0 Å². The van der Waals surface area contributed by atoms with Crippen molar-refractivity contribution in [2.75, 3.05) is 13.2 Å². The molecule has 0 spiro atoms. The second-order valence-electron chi connectivity index (χ2n) is 10.1. The molecule has 0 fully saturated rings. The first-order valence-corrected chi connectivity index (χ1v) is 20.7. The summed E-state index contributed by atoms with van der Waals surface area (Å²) in [6.45, 7) is 9.50. The van der Waals surface area contributed by atoms with Gasteiger partial charge < -0.3 is 9.47 Å². The molecule has 0 bridgehead atoms. The van der Waals surface area contributed by atoms with E-state index in [1.165, 1.54) is 77.0 Å². The minimum absolute atomic E-state index is 0.293. The number of hydrogen-bond donors (Lipinski definition) is 0. The van der Waals surface area contributed by atoms with E-state index in [9.17, 15) is 12.7 Å². The summed E-state index contributed by atoms with van der Waals surface area (Å²) in [5.74, 6) is -0.888. The zero-order valence-electron chi connectivity index (χ0n) is 25.0. The van der Waals surface area contributed by atoms with Crippen LogP contribution in [0, 0.1) is 0 Å². The van der Waals surface area contributed by atoms with Gasteiger partial charge in [-0.05, 0) is 25.0 Å². The third-order valence-corrected chi connectivity index (χ3v) is 11.6. The standard InChI is InChI=1S/C24H38O4.2C4H9.O.Sn/c1-3-5-7-9-11-15-19-27-23(25)21-17-13-14-18-22(21)24(26)28-20-16-12-10-8-6-4-2;2*1-3-4-2;;/h13-14,17-18H,3-12,15-16,19-20H2,1-2H3;2*1,3-4H2,2H3;;. The molecule has 1 aromatic rings. The second-order valence-corrected chi connectivity index (χ2v) is 16.0. The number of unbranched alkanes of at least 4 members (excludes halogenated alkanes) is 12. The molecule has 38 heavy (non-hydrogen) atoms. The van der Waals surface area contributed by atoms with Crippen molar-refractivity contribution < 1.29 is 22.1 Å². The van der Waals surface area contributed by atoms with Gasteiger partial charge in [-0.15, -0.1) is 0 Å². The van der Waals surface area contributed by atoms with Crippen molar-refractivity contribution in [2.45, 2.75) is 139 Å². The van der Waals surface area contributed by atoms with Crippen LogP contribution in [-0.4, -0.2) is 44.9 Å². The predicted molar refractivity (Wildman–Crippen MR) is 160 cm³/mol. The van der Waals surface area contributed by atoms with Gasteiger partial charge in [0, 0.05) is 0 Å². The van der Waals surface area contributed by atoms with Crippen LogP contribution in [-0.2, 0) is 12.6 Å². The van der Waals surface area contributed by atoms with Crippen molar-refractivity contribution in [3.8, 4) is 0 Å². The number of ether oxygens (including phenoxy) is 2. The first-order chi connectivity index (χ1) is 18.5. The van der Waals surface area contributed by atoms with Gasteiger partial charge in [0.1, 0.15) is 0 Å². The molecule has 0 N–H and O–H groups in total. The van der Waals surface area contributed by atoms with E-state index in [0.29, 0.717) is 24.3 Å². The van der Waals surface area contributed by atoms with Gasteiger partial charge in [-0.1, -0.05) is 90.2 Å². The van der Waals surface area contributed by atoms with E-state index in [-0.39, 0.29) is 0 Å². The Labute approximate surface area is 241 Å². The summed E-state index contributed by atoms with van der Waals surface area (Å²) < 4.78 is 24.1. The van der Waals surface area contributed by atoms with Gasteiger partial charge in [0.25, 0.3) is 0 Å². The van der Waals surface area contributed by atoms with Crippen LogP contribution in [0.15, 0.2) is 24.3 Å². The van der Waals surface area contributed by atoms with Crippen LogP contribution in [0.1, 0.15) is 151 Å².